The van der Waals surface area contributed by atoms with E-state index in [1.54, 1.807) is 0 Å². The van der Waals surface area contributed by atoms with Gasteiger partial charge in [0.25, 0.3) is 0 Å². The first-order chi connectivity index (χ1) is 13.2. The minimum absolute atomic E-state index is 0. The second-order valence-corrected chi connectivity index (χ2v) is 6.30. The van der Waals surface area contributed by atoms with Crippen LogP contribution in [0.2, 0.25) is 0 Å². The zero-order chi connectivity index (χ0) is 18.9. The van der Waals surface area contributed by atoms with E-state index < -0.39 is 6.04 Å². The van der Waals surface area contributed by atoms with Crippen LogP contribution in [0.25, 0.3) is 0 Å². The summed E-state index contributed by atoms with van der Waals surface area (Å²) in [5, 5.41) is 0. The van der Waals surface area contributed by atoms with E-state index in [1.165, 1.54) is 0 Å². The van der Waals surface area contributed by atoms with E-state index in [4.69, 9.17) is 15.2 Å². The summed E-state index contributed by atoms with van der Waals surface area (Å²) in [7, 11) is 0. The molecule has 4 nitrogen and oxygen atoms in total. The van der Waals surface area contributed by atoms with Crippen molar-refractivity contribution in [3.63, 3.8) is 0 Å². The largest absolute Gasteiger partial charge is 0.489 e. The number of carbonyl (C=O) groups excluding carboxylic acids is 1. The molecule has 0 unspecified atom stereocenters. The summed E-state index contributed by atoms with van der Waals surface area (Å²) in [6.45, 7) is 0.775. The molecule has 0 radical (unpaired) electrons. The average Bonchev–Trinajstić information content (AvgIpc) is 2.72. The summed E-state index contributed by atoms with van der Waals surface area (Å²) in [6.07, 6.45) is 0.136. The highest BCUT2D eigenvalue weighted by molar-refractivity contribution is 5.85. The summed E-state index contributed by atoms with van der Waals surface area (Å²) in [4.78, 5) is 12.0. The van der Waals surface area contributed by atoms with Gasteiger partial charge in [0.2, 0.25) is 0 Å². The maximum absolute atomic E-state index is 12.0. The molecule has 146 valence electrons. The lowest BCUT2D eigenvalue weighted by molar-refractivity contribution is -0.145. The number of hydrogen-bond acceptors (Lipinski definition) is 4. The van der Waals surface area contributed by atoms with Gasteiger partial charge in [-0.2, -0.15) is 0 Å². The predicted octanol–water partition coefficient (Wildman–Crippen LogP) is 4.82. The van der Waals surface area contributed by atoms with E-state index >= 15 is 0 Å². The fourth-order valence-electron chi connectivity index (χ4n) is 2.65. The van der Waals surface area contributed by atoms with Crippen LogP contribution in [0.5, 0.6) is 5.75 Å². The minimum atomic E-state index is -0.406. The average molecular weight is 398 g/mol. The minimum Gasteiger partial charge on any atom is -0.489 e. The van der Waals surface area contributed by atoms with E-state index in [1.807, 2.05) is 84.9 Å². The van der Waals surface area contributed by atoms with Crippen LogP contribution >= 0.6 is 12.4 Å². The monoisotopic (exact) mass is 397 g/mol. The Morgan fingerprint density at radius 2 is 1.32 bits per heavy atom. The molecule has 0 saturated carbocycles. The first-order valence-electron chi connectivity index (χ1n) is 8.92. The van der Waals surface area contributed by atoms with Crippen LogP contribution in [-0.2, 0) is 22.7 Å². The molecule has 28 heavy (non-hydrogen) atoms. The molecule has 0 bridgehead atoms. The Balaban J connectivity index is 0.00000280. The lowest BCUT2D eigenvalue weighted by Gasteiger charge is -2.13. The number of rotatable bonds is 8. The van der Waals surface area contributed by atoms with Crippen LogP contribution in [0.4, 0.5) is 0 Å². The highest BCUT2D eigenvalue weighted by atomic mass is 35.5. The molecule has 0 aliphatic rings. The summed E-state index contributed by atoms with van der Waals surface area (Å²) in [6, 6.07) is 26.7. The summed E-state index contributed by atoms with van der Waals surface area (Å²) in [5.74, 6) is 0.456. The topological polar surface area (TPSA) is 61.6 Å². The molecule has 2 N–H and O–H groups in total. The molecule has 0 saturated heterocycles. The molecular weight excluding hydrogens is 374 g/mol. The number of nitrogens with two attached hydrogens (primary N) is 1. The highest BCUT2D eigenvalue weighted by Crippen LogP contribution is 2.20. The van der Waals surface area contributed by atoms with E-state index in [2.05, 4.69) is 0 Å². The van der Waals surface area contributed by atoms with Crippen molar-refractivity contribution >= 4 is 18.4 Å². The zero-order valence-electron chi connectivity index (χ0n) is 15.5. The summed E-state index contributed by atoms with van der Waals surface area (Å²) < 4.78 is 11.1. The third-order valence-electron chi connectivity index (χ3n) is 4.19. The molecule has 1 atom stereocenters. The molecule has 0 aromatic heterocycles. The summed E-state index contributed by atoms with van der Waals surface area (Å²) in [5.41, 5.74) is 9.08. The van der Waals surface area contributed by atoms with Gasteiger partial charge >= 0.3 is 5.97 Å². The molecular formula is C23H24ClNO3. The van der Waals surface area contributed by atoms with E-state index in [9.17, 15) is 4.79 Å². The van der Waals surface area contributed by atoms with Crippen molar-refractivity contribution < 1.29 is 14.3 Å². The lowest BCUT2D eigenvalue weighted by atomic mass is 10.0. The van der Waals surface area contributed by atoms with Gasteiger partial charge in [-0.3, -0.25) is 4.79 Å². The Labute approximate surface area is 171 Å². The van der Waals surface area contributed by atoms with Crippen LogP contribution in [0, 0.1) is 0 Å². The molecule has 0 fully saturated rings. The Bertz CT molecular complexity index is 839. The van der Waals surface area contributed by atoms with Crippen molar-refractivity contribution in [3.8, 4) is 5.75 Å². The van der Waals surface area contributed by atoms with Gasteiger partial charge in [-0.15, -0.1) is 12.4 Å². The fraction of sp³-hybridized carbons (Fsp3) is 0.174. The van der Waals surface area contributed by atoms with Crippen molar-refractivity contribution in [2.45, 2.75) is 25.7 Å². The maximum atomic E-state index is 12.0. The van der Waals surface area contributed by atoms with Gasteiger partial charge in [0.15, 0.2) is 0 Å². The third-order valence-corrected chi connectivity index (χ3v) is 4.19. The molecule has 0 amide bonds. The first kappa shape index (κ1) is 21.5. The van der Waals surface area contributed by atoms with Crippen molar-refractivity contribution in [1.82, 2.24) is 0 Å². The Kier molecular flexibility index (Phi) is 8.53. The van der Waals surface area contributed by atoms with E-state index in [0.717, 1.165) is 22.4 Å². The van der Waals surface area contributed by atoms with E-state index in [0.29, 0.717) is 6.61 Å². The fourth-order valence-corrected chi connectivity index (χ4v) is 2.65. The lowest BCUT2D eigenvalue weighted by Crippen LogP contribution is -2.17. The number of hydrogen-bond donors (Lipinski definition) is 1. The van der Waals surface area contributed by atoms with Crippen LogP contribution in [0.1, 0.15) is 29.2 Å². The SMILES string of the molecule is Cl.N[C@@H](CC(=O)OCc1ccccc1)c1ccc(OCc2ccccc2)cc1. The highest BCUT2D eigenvalue weighted by Gasteiger charge is 2.13. The zero-order valence-corrected chi connectivity index (χ0v) is 16.3. The Morgan fingerprint density at radius 3 is 1.89 bits per heavy atom. The molecule has 0 aliphatic heterocycles. The molecule has 3 aromatic carbocycles. The first-order valence-corrected chi connectivity index (χ1v) is 8.92. The molecule has 5 heteroatoms. The Hall–Kier alpha value is -2.82. The molecule has 3 rings (SSSR count). The number of carbonyl (C=O) groups is 1. The van der Waals surface area contributed by atoms with Crippen molar-refractivity contribution in [2.75, 3.05) is 0 Å². The molecule has 0 spiro atoms. The van der Waals surface area contributed by atoms with Gasteiger partial charge in [0.1, 0.15) is 19.0 Å². The molecule has 0 heterocycles. The van der Waals surface area contributed by atoms with Gasteiger partial charge in [0.05, 0.1) is 6.42 Å². The predicted molar refractivity (Wildman–Crippen MR) is 112 cm³/mol. The number of halogens is 1. The number of ether oxygens (including phenoxy) is 2. The smallest absolute Gasteiger partial charge is 0.308 e. The van der Waals surface area contributed by atoms with Crippen LogP contribution in [0.3, 0.4) is 0 Å². The number of esters is 1. The Morgan fingerprint density at radius 1 is 0.786 bits per heavy atom. The number of benzene rings is 3. The van der Waals surface area contributed by atoms with Crippen LogP contribution < -0.4 is 10.5 Å². The van der Waals surface area contributed by atoms with Crippen LogP contribution in [-0.4, -0.2) is 5.97 Å². The summed E-state index contributed by atoms with van der Waals surface area (Å²) >= 11 is 0. The normalized spacial score (nSPS) is 11.2. The second-order valence-electron chi connectivity index (χ2n) is 6.30. The van der Waals surface area contributed by atoms with Gasteiger partial charge in [-0.25, -0.2) is 0 Å². The van der Waals surface area contributed by atoms with Gasteiger partial charge in [-0.1, -0.05) is 72.8 Å². The standard InChI is InChI=1S/C23H23NO3.ClH/c24-22(15-23(25)27-17-19-9-5-2-6-10-19)20-11-13-21(14-12-20)26-16-18-7-3-1-4-8-18;/h1-14,22H,15-17,24H2;1H/t22-;/m0./s1. The molecule has 3 aromatic rings. The van der Waals surface area contributed by atoms with E-state index in [-0.39, 0.29) is 31.4 Å². The van der Waals surface area contributed by atoms with Gasteiger partial charge in [0, 0.05) is 6.04 Å². The molecule has 0 aliphatic carbocycles. The quantitative estimate of drug-likeness (QED) is 0.553. The van der Waals surface area contributed by atoms with Crippen molar-refractivity contribution in [3.05, 3.63) is 102 Å². The van der Waals surface area contributed by atoms with Crippen molar-refractivity contribution in [1.29, 1.82) is 0 Å². The maximum Gasteiger partial charge on any atom is 0.308 e. The van der Waals surface area contributed by atoms with Crippen molar-refractivity contribution in [2.24, 2.45) is 5.73 Å². The van der Waals surface area contributed by atoms with Crippen LogP contribution in [0.15, 0.2) is 84.9 Å². The van der Waals surface area contributed by atoms with Gasteiger partial charge in [-0.05, 0) is 28.8 Å². The third kappa shape index (κ3) is 6.72. The van der Waals surface area contributed by atoms with Gasteiger partial charge < -0.3 is 15.2 Å². The second kappa shape index (κ2) is 11.1.